The van der Waals surface area contributed by atoms with E-state index in [0.717, 1.165) is 28.6 Å². The monoisotopic (exact) mass is 529 g/mol. The zero-order valence-corrected chi connectivity index (χ0v) is 21.9. The zero-order chi connectivity index (χ0) is 24.9. The molecule has 1 N–H and O–H groups in total. The van der Waals surface area contributed by atoms with Crippen LogP contribution < -0.4 is 19.5 Å². The quantitative estimate of drug-likeness (QED) is 0.217. The number of benzene rings is 2. The standard InChI is InChI=1S/C25H24ClN3O4S2/c1-31-20-11-15(12-21(32-2)23(20)33-3)13-22-24(30)29(25(34)35-22)10-4-8-27-18-7-9-28-19-14-16(26)5-6-17(18)19/h5-7,9,11-14H,4,8,10H2,1-3H3,(H,27,28)/b22-13-. The topological polar surface area (TPSA) is 72.9 Å². The van der Waals surface area contributed by atoms with Gasteiger partial charge in [-0.2, -0.15) is 0 Å². The molecule has 35 heavy (non-hydrogen) atoms. The highest BCUT2D eigenvalue weighted by Crippen LogP contribution is 2.40. The van der Waals surface area contributed by atoms with Crippen molar-refractivity contribution >= 4 is 68.5 Å². The zero-order valence-electron chi connectivity index (χ0n) is 19.5. The molecule has 1 amide bonds. The van der Waals surface area contributed by atoms with Crippen LogP contribution in [0.4, 0.5) is 5.69 Å². The molecule has 1 aromatic heterocycles. The number of nitrogens with zero attached hydrogens (tertiary/aromatic N) is 2. The number of pyridine rings is 1. The van der Waals surface area contributed by atoms with Crippen LogP contribution >= 0.6 is 35.6 Å². The number of aromatic nitrogens is 1. The second kappa shape index (κ2) is 11.2. The molecule has 1 aliphatic rings. The number of amides is 1. The molecule has 0 unspecified atom stereocenters. The minimum absolute atomic E-state index is 0.113. The van der Waals surface area contributed by atoms with Gasteiger partial charge in [-0.05, 0) is 54.5 Å². The van der Waals surface area contributed by atoms with Crippen LogP contribution in [0, 0.1) is 0 Å². The number of thiocarbonyl (C=S) groups is 1. The van der Waals surface area contributed by atoms with Gasteiger partial charge in [-0.3, -0.25) is 14.7 Å². The number of hydrogen-bond donors (Lipinski definition) is 1. The molecule has 0 spiro atoms. The minimum atomic E-state index is -0.113. The molecular formula is C25H24ClN3O4S2. The molecule has 0 radical (unpaired) electrons. The van der Waals surface area contributed by atoms with Crippen molar-refractivity contribution in [2.24, 2.45) is 0 Å². The van der Waals surface area contributed by atoms with E-state index in [1.54, 1.807) is 50.6 Å². The van der Waals surface area contributed by atoms with Crippen molar-refractivity contribution in [2.45, 2.75) is 6.42 Å². The number of hydrogen-bond acceptors (Lipinski definition) is 8. The van der Waals surface area contributed by atoms with Gasteiger partial charge in [-0.15, -0.1) is 0 Å². The first-order valence-electron chi connectivity index (χ1n) is 10.8. The molecule has 10 heteroatoms. The van der Waals surface area contributed by atoms with Gasteiger partial charge in [0.1, 0.15) is 4.32 Å². The number of methoxy groups -OCH3 is 3. The third-order valence-corrected chi connectivity index (χ3v) is 7.05. The molecule has 3 aromatic rings. The molecule has 1 saturated heterocycles. The smallest absolute Gasteiger partial charge is 0.266 e. The van der Waals surface area contributed by atoms with Gasteiger partial charge in [0.05, 0.1) is 31.8 Å². The lowest BCUT2D eigenvalue weighted by Gasteiger charge is -2.15. The van der Waals surface area contributed by atoms with Crippen LogP contribution in [0.1, 0.15) is 12.0 Å². The van der Waals surface area contributed by atoms with Crippen molar-refractivity contribution in [3.05, 3.63) is 58.1 Å². The molecule has 0 atom stereocenters. The summed E-state index contributed by atoms with van der Waals surface area (Å²) in [5.74, 6) is 1.42. The molecule has 2 aromatic carbocycles. The molecule has 1 aliphatic heterocycles. The van der Waals surface area contributed by atoms with E-state index >= 15 is 0 Å². The van der Waals surface area contributed by atoms with E-state index in [1.807, 2.05) is 24.3 Å². The summed E-state index contributed by atoms with van der Waals surface area (Å²) in [6.45, 7) is 1.18. The molecule has 4 rings (SSSR count). The average Bonchev–Trinajstić information content (AvgIpc) is 3.12. The van der Waals surface area contributed by atoms with Gasteiger partial charge < -0.3 is 19.5 Å². The number of thioether (sulfide) groups is 1. The van der Waals surface area contributed by atoms with Crippen molar-refractivity contribution in [1.29, 1.82) is 0 Å². The summed E-state index contributed by atoms with van der Waals surface area (Å²) in [6.07, 6.45) is 4.26. The van der Waals surface area contributed by atoms with E-state index in [-0.39, 0.29) is 5.91 Å². The molecular weight excluding hydrogens is 506 g/mol. The van der Waals surface area contributed by atoms with Crippen LogP contribution in [-0.2, 0) is 4.79 Å². The number of fused-ring (bicyclic) bond motifs is 1. The summed E-state index contributed by atoms with van der Waals surface area (Å²) in [5.41, 5.74) is 2.56. The number of nitrogens with one attached hydrogen (secondary N) is 1. The van der Waals surface area contributed by atoms with E-state index in [0.29, 0.717) is 44.6 Å². The Bertz CT molecular complexity index is 1290. The van der Waals surface area contributed by atoms with Crippen LogP contribution in [0.15, 0.2) is 47.5 Å². The fourth-order valence-electron chi connectivity index (χ4n) is 3.76. The fourth-order valence-corrected chi connectivity index (χ4v) is 5.24. The number of rotatable bonds is 9. The third-order valence-electron chi connectivity index (χ3n) is 5.44. The van der Waals surface area contributed by atoms with Gasteiger partial charge in [0.15, 0.2) is 11.5 Å². The summed E-state index contributed by atoms with van der Waals surface area (Å²) < 4.78 is 16.7. The SMILES string of the molecule is COc1cc(/C=C2\SC(=S)N(CCCNc3ccnc4cc(Cl)ccc34)C2=O)cc(OC)c1OC. The third kappa shape index (κ3) is 5.47. The van der Waals surface area contributed by atoms with E-state index in [4.69, 9.17) is 38.0 Å². The van der Waals surface area contributed by atoms with Gasteiger partial charge in [0, 0.05) is 35.4 Å². The number of carbonyl (C=O) groups is 1. The summed E-state index contributed by atoms with van der Waals surface area (Å²) >= 11 is 12.8. The Morgan fingerprint density at radius 1 is 1.11 bits per heavy atom. The Kier molecular flexibility index (Phi) is 8.00. The van der Waals surface area contributed by atoms with Crippen LogP contribution in [0.3, 0.4) is 0 Å². The largest absolute Gasteiger partial charge is 0.493 e. The molecule has 0 saturated carbocycles. The van der Waals surface area contributed by atoms with Crippen LogP contribution in [-0.4, -0.2) is 54.5 Å². The van der Waals surface area contributed by atoms with Crippen molar-refractivity contribution < 1.29 is 19.0 Å². The lowest BCUT2D eigenvalue weighted by molar-refractivity contribution is -0.122. The van der Waals surface area contributed by atoms with Crippen LogP contribution in [0.5, 0.6) is 17.2 Å². The predicted octanol–water partition coefficient (Wildman–Crippen LogP) is 5.62. The summed E-state index contributed by atoms with van der Waals surface area (Å²) in [5, 5.41) is 5.07. The normalized spacial score (nSPS) is 14.6. The van der Waals surface area contributed by atoms with Crippen LogP contribution in [0.25, 0.3) is 17.0 Å². The maximum absolute atomic E-state index is 13.0. The first-order chi connectivity index (χ1) is 16.9. The highest BCUT2D eigenvalue weighted by Gasteiger charge is 2.31. The van der Waals surface area contributed by atoms with Gasteiger partial charge in [0.2, 0.25) is 5.75 Å². The molecule has 0 bridgehead atoms. The maximum atomic E-state index is 13.0. The van der Waals surface area contributed by atoms with Gasteiger partial charge in [-0.1, -0.05) is 35.6 Å². The number of anilines is 1. The lowest BCUT2D eigenvalue weighted by atomic mass is 10.1. The first-order valence-corrected chi connectivity index (χ1v) is 12.4. The molecule has 7 nitrogen and oxygen atoms in total. The maximum Gasteiger partial charge on any atom is 0.266 e. The highest BCUT2D eigenvalue weighted by atomic mass is 35.5. The van der Waals surface area contributed by atoms with E-state index < -0.39 is 0 Å². The average molecular weight is 530 g/mol. The second-order valence-corrected chi connectivity index (χ2v) is 9.70. The molecule has 0 aliphatic carbocycles. The van der Waals surface area contributed by atoms with Crippen molar-refractivity contribution in [3.8, 4) is 17.2 Å². The van der Waals surface area contributed by atoms with E-state index in [9.17, 15) is 4.79 Å². The molecule has 182 valence electrons. The van der Waals surface area contributed by atoms with Crippen LogP contribution in [0.2, 0.25) is 5.02 Å². The number of carbonyl (C=O) groups excluding carboxylic acids is 1. The summed E-state index contributed by atoms with van der Waals surface area (Å²) in [7, 11) is 4.66. The Morgan fingerprint density at radius 2 is 1.86 bits per heavy atom. The Morgan fingerprint density at radius 3 is 2.54 bits per heavy atom. The van der Waals surface area contributed by atoms with E-state index in [1.165, 1.54) is 11.8 Å². The van der Waals surface area contributed by atoms with Crippen molar-refractivity contribution in [1.82, 2.24) is 9.88 Å². The van der Waals surface area contributed by atoms with Gasteiger partial charge in [-0.25, -0.2) is 0 Å². The second-order valence-electron chi connectivity index (χ2n) is 7.59. The number of halogens is 1. The summed E-state index contributed by atoms with van der Waals surface area (Å²) in [4.78, 5) is 19.6. The lowest BCUT2D eigenvalue weighted by Crippen LogP contribution is -2.30. The molecule has 1 fully saturated rings. The Balaban J connectivity index is 1.41. The Hall–Kier alpha value is -3.01. The molecule has 2 heterocycles. The highest BCUT2D eigenvalue weighted by molar-refractivity contribution is 8.26. The Labute approximate surface area is 218 Å². The first kappa shape index (κ1) is 25.1. The number of ether oxygens (including phenoxy) is 3. The summed E-state index contributed by atoms with van der Waals surface area (Å²) in [6, 6.07) is 11.1. The van der Waals surface area contributed by atoms with Crippen molar-refractivity contribution in [2.75, 3.05) is 39.7 Å². The van der Waals surface area contributed by atoms with Gasteiger partial charge in [0.25, 0.3) is 5.91 Å². The fraction of sp³-hybridized carbons (Fsp3) is 0.240. The van der Waals surface area contributed by atoms with Gasteiger partial charge >= 0.3 is 0 Å². The van der Waals surface area contributed by atoms with Crippen molar-refractivity contribution in [3.63, 3.8) is 0 Å². The predicted molar refractivity (Wildman–Crippen MR) is 146 cm³/mol. The minimum Gasteiger partial charge on any atom is -0.493 e. The van der Waals surface area contributed by atoms with E-state index in [2.05, 4.69) is 10.3 Å².